The van der Waals surface area contributed by atoms with Gasteiger partial charge in [0.15, 0.2) is 0 Å². The van der Waals surface area contributed by atoms with Gasteiger partial charge in [-0.05, 0) is 41.7 Å². The van der Waals surface area contributed by atoms with Gasteiger partial charge in [0.05, 0.1) is 18.3 Å². The van der Waals surface area contributed by atoms with Crippen LogP contribution in [0.4, 0.5) is 0 Å². The number of fused-ring (bicyclic) bond motifs is 1. The predicted octanol–water partition coefficient (Wildman–Crippen LogP) is 3.65. The van der Waals surface area contributed by atoms with E-state index in [1.165, 1.54) is 23.1 Å². The summed E-state index contributed by atoms with van der Waals surface area (Å²) >= 11 is 6.05. The molecule has 1 saturated heterocycles. The maximum atomic E-state index is 6.05. The van der Waals surface area contributed by atoms with Gasteiger partial charge in [-0.15, -0.1) is 0 Å². The van der Waals surface area contributed by atoms with E-state index in [0.29, 0.717) is 6.10 Å². The third kappa shape index (κ3) is 3.59. The minimum atomic E-state index is 0.124. The number of halogens is 1. The molecule has 0 saturated carbocycles. The van der Waals surface area contributed by atoms with Crippen molar-refractivity contribution in [3.63, 3.8) is 0 Å². The largest absolute Gasteiger partial charge is 0.377 e. The van der Waals surface area contributed by atoms with Crippen molar-refractivity contribution in [1.29, 1.82) is 0 Å². The summed E-state index contributed by atoms with van der Waals surface area (Å²) in [6.45, 7) is 1.76. The van der Waals surface area contributed by atoms with Gasteiger partial charge in [0.1, 0.15) is 0 Å². The van der Waals surface area contributed by atoms with Crippen LogP contribution in [0.2, 0.25) is 5.02 Å². The summed E-state index contributed by atoms with van der Waals surface area (Å²) in [5.74, 6) is 0. The van der Waals surface area contributed by atoms with Crippen molar-refractivity contribution >= 4 is 11.6 Å². The zero-order valence-electron chi connectivity index (χ0n) is 14.4. The molecule has 0 spiro atoms. The highest BCUT2D eigenvalue weighted by molar-refractivity contribution is 6.30. The normalized spacial score (nSPS) is 26.6. The molecule has 132 valence electrons. The van der Waals surface area contributed by atoms with Gasteiger partial charge < -0.3 is 4.74 Å². The summed E-state index contributed by atoms with van der Waals surface area (Å²) in [6.07, 6.45) is 2.77. The summed E-state index contributed by atoms with van der Waals surface area (Å²) in [4.78, 5) is 0. The molecular formula is C20H24ClN3O. The Morgan fingerprint density at radius 2 is 1.92 bits per heavy atom. The van der Waals surface area contributed by atoms with Gasteiger partial charge in [-0.2, -0.15) is 0 Å². The van der Waals surface area contributed by atoms with Gasteiger partial charge >= 0.3 is 0 Å². The molecule has 2 aromatic rings. The maximum absolute atomic E-state index is 6.05. The number of ether oxygens (including phenoxy) is 1. The summed E-state index contributed by atoms with van der Waals surface area (Å²) in [7, 11) is 2.09. The van der Waals surface area contributed by atoms with Crippen molar-refractivity contribution in [1.82, 2.24) is 15.8 Å². The smallest absolute Gasteiger partial charge is 0.0993 e. The molecule has 0 aliphatic carbocycles. The highest BCUT2D eigenvalue weighted by atomic mass is 35.5. The van der Waals surface area contributed by atoms with E-state index in [-0.39, 0.29) is 12.2 Å². The molecule has 5 heteroatoms. The Balaban J connectivity index is 1.59. The quantitative estimate of drug-likeness (QED) is 0.875. The average Bonchev–Trinajstić information content (AvgIpc) is 3.15. The molecule has 0 radical (unpaired) electrons. The number of rotatable bonds is 4. The molecule has 2 aromatic carbocycles. The molecule has 1 fully saturated rings. The topological polar surface area (TPSA) is 36.5 Å². The Hall–Kier alpha value is -1.43. The van der Waals surface area contributed by atoms with Crippen molar-refractivity contribution < 1.29 is 4.74 Å². The molecule has 2 heterocycles. The summed E-state index contributed by atoms with van der Waals surface area (Å²) in [5, 5.41) is 6.59. The first-order chi connectivity index (χ1) is 12.2. The van der Waals surface area contributed by atoms with E-state index >= 15 is 0 Å². The van der Waals surface area contributed by atoms with Crippen LogP contribution in [0, 0.1) is 0 Å². The van der Waals surface area contributed by atoms with Gasteiger partial charge in [-0.1, -0.05) is 48.0 Å². The Bertz CT molecular complexity index is 715. The highest BCUT2D eigenvalue weighted by Gasteiger charge is 2.31. The number of hydrogen-bond donors (Lipinski definition) is 2. The van der Waals surface area contributed by atoms with Gasteiger partial charge in [-0.25, -0.2) is 10.4 Å². The Kier molecular flexibility index (Phi) is 5.06. The van der Waals surface area contributed by atoms with Crippen LogP contribution in [0.3, 0.4) is 0 Å². The van der Waals surface area contributed by atoms with Crippen LogP contribution in [-0.4, -0.2) is 31.3 Å². The lowest BCUT2D eigenvalue weighted by Gasteiger charge is -2.40. The zero-order chi connectivity index (χ0) is 17.2. The molecule has 2 aliphatic rings. The first-order valence-corrected chi connectivity index (χ1v) is 9.28. The van der Waals surface area contributed by atoms with Crippen LogP contribution in [0.25, 0.3) is 0 Å². The summed E-state index contributed by atoms with van der Waals surface area (Å²) < 4.78 is 5.75. The van der Waals surface area contributed by atoms with Crippen molar-refractivity contribution in [3.8, 4) is 0 Å². The van der Waals surface area contributed by atoms with Crippen molar-refractivity contribution in [2.45, 2.75) is 31.2 Å². The SMILES string of the molecule is CN1NC(c2ccc(Cl)cc2)c2ccccc2C1NCC1CCCO1. The van der Waals surface area contributed by atoms with Crippen LogP contribution < -0.4 is 10.7 Å². The van der Waals surface area contributed by atoms with E-state index in [1.54, 1.807) is 0 Å². The molecule has 2 N–H and O–H groups in total. The number of benzene rings is 2. The van der Waals surface area contributed by atoms with Crippen LogP contribution in [0.5, 0.6) is 0 Å². The number of nitrogens with zero attached hydrogens (tertiary/aromatic N) is 1. The lowest BCUT2D eigenvalue weighted by Crippen LogP contribution is -2.51. The minimum Gasteiger partial charge on any atom is -0.377 e. The molecule has 0 aromatic heterocycles. The Morgan fingerprint density at radius 1 is 1.16 bits per heavy atom. The van der Waals surface area contributed by atoms with Gasteiger partial charge in [0.25, 0.3) is 0 Å². The number of nitrogens with one attached hydrogen (secondary N) is 2. The fraction of sp³-hybridized carbons (Fsp3) is 0.400. The molecule has 3 atom stereocenters. The van der Waals surface area contributed by atoms with Gasteiger partial charge in [-0.3, -0.25) is 5.32 Å². The standard InChI is InChI=1S/C20H24ClN3O/c1-24-20(22-13-16-5-4-12-25-16)18-7-3-2-6-17(18)19(23-24)14-8-10-15(21)11-9-14/h2-3,6-11,16,19-20,22-23H,4-5,12-13H2,1H3. The van der Waals surface area contributed by atoms with E-state index < -0.39 is 0 Å². The van der Waals surface area contributed by atoms with E-state index in [0.717, 1.165) is 24.6 Å². The minimum absolute atomic E-state index is 0.124. The molecular weight excluding hydrogens is 334 g/mol. The van der Waals surface area contributed by atoms with Gasteiger partial charge in [0.2, 0.25) is 0 Å². The molecule has 25 heavy (non-hydrogen) atoms. The van der Waals surface area contributed by atoms with E-state index in [4.69, 9.17) is 16.3 Å². The fourth-order valence-corrected chi connectivity index (χ4v) is 3.91. The van der Waals surface area contributed by atoms with E-state index in [2.05, 4.69) is 59.2 Å². The molecule has 4 nitrogen and oxygen atoms in total. The summed E-state index contributed by atoms with van der Waals surface area (Å²) in [5.41, 5.74) is 7.44. The third-order valence-electron chi connectivity index (χ3n) is 5.09. The maximum Gasteiger partial charge on any atom is 0.0993 e. The van der Waals surface area contributed by atoms with Crippen LogP contribution >= 0.6 is 11.6 Å². The summed E-state index contributed by atoms with van der Waals surface area (Å²) in [6, 6.07) is 16.8. The first kappa shape index (κ1) is 17.0. The predicted molar refractivity (Wildman–Crippen MR) is 100 cm³/mol. The lowest BCUT2D eigenvalue weighted by molar-refractivity contribution is 0.0694. The third-order valence-corrected chi connectivity index (χ3v) is 5.34. The second-order valence-corrected chi connectivity index (χ2v) is 7.24. The van der Waals surface area contributed by atoms with Crippen molar-refractivity contribution in [3.05, 3.63) is 70.2 Å². The van der Waals surface area contributed by atoms with Crippen molar-refractivity contribution in [2.75, 3.05) is 20.2 Å². The van der Waals surface area contributed by atoms with Crippen LogP contribution in [0.1, 0.15) is 41.7 Å². The fourth-order valence-electron chi connectivity index (χ4n) is 3.78. The zero-order valence-corrected chi connectivity index (χ0v) is 15.2. The van der Waals surface area contributed by atoms with E-state index in [9.17, 15) is 0 Å². The first-order valence-electron chi connectivity index (χ1n) is 8.90. The molecule has 0 bridgehead atoms. The molecule has 2 aliphatic heterocycles. The average molecular weight is 358 g/mol. The second kappa shape index (κ2) is 7.44. The highest BCUT2D eigenvalue weighted by Crippen LogP contribution is 2.34. The Labute approximate surface area is 154 Å². The monoisotopic (exact) mass is 357 g/mol. The van der Waals surface area contributed by atoms with Crippen LogP contribution in [-0.2, 0) is 4.74 Å². The number of hydrazine groups is 1. The second-order valence-electron chi connectivity index (χ2n) is 6.80. The molecule has 0 amide bonds. The Morgan fingerprint density at radius 3 is 2.64 bits per heavy atom. The molecule has 4 rings (SSSR count). The van der Waals surface area contributed by atoms with E-state index in [1.807, 2.05) is 12.1 Å². The molecule has 3 unspecified atom stereocenters. The van der Waals surface area contributed by atoms with Gasteiger partial charge in [0, 0.05) is 25.2 Å². The number of hydrogen-bond acceptors (Lipinski definition) is 4. The van der Waals surface area contributed by atoms with Crippen LogP contribution in [0.15, 0.2) is 48.5 Å². The van der Waals surface area contributed by atoms with Crippen molar-refractivity contribution in [2.24, 2.45) is 0 Å². The lowest BCUT2D eigenvalue weighted by atomic mass is 9.91.